The summed E-state index contributed by atoms with van der Waals surface area (Å²) in [4.78, 5) is 31.9. The van der Waals surface area contributed by atoms with Gasteiger partial charge in [-0.2, -0.15) is 5.10 Å². The molecular formula is C29H32BrClN6O3. The molecule has 0 bridgehead atoms. The largest absolute Gasteiger partial charge is 0.390 e. The molecule has 9 nitrogen and oxygen atoms in total. The van der Waals surface area contributed by atoms with Crippen LogP contribution in [0.4, 0.5) is 0 Å². The molecule has 6 rings (SSSR count). The molecule has 0 radical (unpaired) electrons. The van der Waals surface area contributed by atoms with Gasteiger partial charge >= 0.3 is 5.69 Å². The molecule has 1 amide bonds. The van der Waals surface area contributed by atoms with Crippen LogP contribution in [0.3, 0.4) is 0 Å². The molecule has 1 atom stereocenters. The number of para-hydroxylation sites is 1. The van der Waals surface area contributed by atoms with Gasteiger partial charge in [-0.3, -0.25) is 14.0 Å². The zero-order valence-corrected chi connectivity index (χ0v) is 24.7. The third kappa shape index (κ3) is 5.25. The van der Waals surface area contributed by atoms with Gasteiger partial charge in [0.2, 0.25) is 5.91 Å². The molecule has 11 heteroatoms. The molecule has 1 fully saturated rings. The Hall–Kier alpha value is -2.92. The lowest BCUT2D eigenvalue weighted by molar-refractivity contribution is -0.129. The molecule has 2 aromatic carbocycles. The summed E-state index contributed by atoms with van der Waals surface area (Å²) in [7, 11) is 0. The first kappa shape index (κ1) is 27.3. The van der Waals surface area contributed by atoms with E-state index in [1.54, 1.807) is 11.5 Å². The van der Waals surface area contributed by atoms with Crippen LogP contribution in [-0.2, 0) is 24.3 Å². The number of aromatic nitrogens is 4. The second kappa shape index (κ2) is 11.2. The fourth-order valence-electron chi connectivity index (χ4n) is 6.15. The van der Waals surface area contributed by atoms with E-state index in [-0.39, 0.29) is 17.6 Å². The fraction of sp³-hybridized carbons (Fsp3) is 0.414. The predicted molar refractivity (Wildman–Crippen MR) is 158 cm³/mol. The van der Waals surface area contributed by atoms with Crippen LogP contribution >= 0.6 is 27.5 Å². The van der Waals surface area contributed by atoms with E-state index in [0.29, 0.717) is 37.6 Å². The highest BCUT2D eigenvalue weighted by Gasteiger charge is 2.29. The SMILES string of the molecule is CC(=O)N1CCc2c(c(-c3ccc(Br)cc3)nn2CC(O)CN2CCC(n3c(=O)[nH]c4cccc(Cl)c43)CC2)C1. The summed E-state index contributed by atoms with van der Waals surface area (Å²) in [5.41, 5.74) is 5.39. The van der Waals surface area contributed by atoms with Crippen molar-refractivity contribution >= 4 is 44.5 Å². The molecule has 1 saturated heterocycles. The number of imidazole rings is 1. The van der Waals surface area contributed by atoms with E-state index >= 15 is 0 Å². The normalized spacial score (nSPS) is 17.4. The van der Waals surface area contributed by atoms with Crippen molar-refractivity contribution < 1.29 is 9.90 Å². The van der Waals surface area contributed by atoms with Crippen molar-refractivity contribution in [2.75, 3.05) is 26.2 Å². The molecule has 2 aliphatic heterocycles. The Kier molecular flexibility index (Phi) is 7.60. The second-order valence-electron chi connectivity index (χ2n) is 10.8. The number of nitrogens with zero attached hydrogens (tertiary/aromatic N) is 5. The summed E-state index contributed by atoms with van der Waals surface area (Å²) in [5.74, 6) is 0.0563. The van der Waals surface area contributed by atoms with E-state index in [0.717, 1.165) is 64.0 Å². The average Bonchev–Trinajstić information content (AvgIpc) is 3.47. The number of nitrogens with one attached hydrogen (secondary N) is 1. The molecule has 40 heavy (non-hydrogen) atoms. The van der Waals surface area contributed by atoms with Gasteiger partial charge in [-0.05, 0) is 37.1 Å². The number of benzene rings is 2. The molecule has 2 aromatic heterocycles. The number of amides is 1. The van der Waals surface area contributed by atoms with E-state index in [2.05, 4.69) is 25.8 Å². The Morgan fingerprint density at radius 3 is 2.62 bits per heavy atom. The first-order valence-electron chi connectivity index (χ1n) is 13.7. The molecule has 0 spiro atoms. The van der Waals surface area contributed by atoms with Gasteiger partial charge < -0.3 is 19.9 Å². The summed E-state index contributed by atoms with van der Waals surface area (Å²) < 4.78 is 4.73. The number of aliphatic hydroxyl groups is 1. The number of aromatic amines is 1. The number of fused-ring (bicyclic) bond motifs is 2. The summed E-state index contributed by atoms with van der Waals surface area (Å²) in [5, 5.41) is 16.7. The van der Waals surface area contributed by atoms with E-state index in [1.807, 2.05) is 52.0 Å². The number of aliphatic hydroxyl groups excluding tert-OH is 1. The lowest BCUT2D eigenvalue weighted by Crippen LogP contribution is -2.42. The van der Waals surface area contributed by atoms with Gasteiger partial charge in [0, 0.05) is 73.4 Å². The Morgan fingerprint density at radius 2 is 1.90 bits per heavy atom. The number of hydrogen-bond acceptors (Lipinski definition) is 5. The minimum atomic E-state index is -0.602. The molecule has 2 aliphatic rings. The molecule has 0 aliphatic carbocycles. The molecular weight excluding hydrogens is 596 g/mol. The maximum atomic E-state index is 12.7. The molecule has 4 heterocycles. The minimum Gasteiger partial charge on any atom is -0.390 e. The molecule has 4 aromatic rings. The Bertz CT molecular complexity index is 1600. The van der Waals surface area contributed by atoms with Gasteiger partial charge in [-0.15, -0.1) is 0 Å². The van der Waals surface area contributed by atoms with Gasteiger partial charge in [0.25, 0.3) is 0 Å². The average molecular weight is 628 g/mol. The number of β-amino-alcohol motifs (C(OH)–C–C–N with tert-alkyl or cyclic N) is 1. The number of carbonyl (C=O) groups excluding carboxylic acids is 1. The van der Waals surface area contributed by atoms with Crippen molar-refractivity contribution in [3.05, 3.63) is 73.7 Å². The van der Waals surface area contributed by atoms with Gasteiger partial charge in [0.05, 0.1) is 34.4 Å². The van der Waals surface area contributed by atoms with Crippen LogP contribution in [0.2, 0.25) is 5.02 Å². The summed E-state index contributed by atoms with van der Waals surface area (Å²) in [6.07, 6.45) is 1.71. The highest BCUT2D eigenvalue weighted by Crippen LogP contribution is 2.32. The van der Waals surface area contributed by atoms with Crippen molar-refractivity contribution in [3.63, 3.8) is 0 Å². The predicted octanol–water partition coefficient (Wildman–Crippen LogP) is 4.21. The Morgan fingerprint density at radius 1 is 1.15 bits per heavy atom. The van der Waals surface area contributed by atoms with Gasteiger partial charge in [-0.25, -0.2) is 4.79 Å². The third-order valence-electron chi connectivity index (χ3n) is 8.16. The molecule has 1 unspecified atom stereocenters. The zero-order valence-electron chi connectivity index (χ0n) is 22.3. The maximum absolute atomic E-state index is 12.7. The topological polar surface area (TPSA) is 99.4 Å². The van der Waals surface area contributed by atoms with Crippen molar-refractivity contribution in [1.29, 1.82) is 0 Å². The molecule has 0 saturated carbocycles. The Labute approximate surface area is 245 Å². The minimum absolute atomic E-state index is 0.0563. The van der Waals surface area contributed by atoms with E-state index in [9.17, 15) is 14.7 Å². The van der Waals surface area contributed by atoms with Crippen LogP contribution in [0, 0.1) is 0 Å². The smallest absolute Gasteiger partial charge is 0.326 e. The van der Waals surface area contributed by atoms with Crippen LogP contribution in [-0.4, -0.2) is 72.4 Å². The fourth-order valence-corrected chi connectivity index (χ4v) is 6.68. The lowest BCUT2D eigenvalue weighted by atomic mass is 10.0. The summed E-state index contributed by atoms with van der Waals surface area (Å²) in [6.45, 7) is 5.24. The van der Waals surface area contributed by atoms with Crippen molar-refractivity contribution in [3.8, 4) is 11.3 Å². The van der Waals surface area contributed by atoms with E-state index in [1.165, 1.54) is 0 Å². The van der Waals surface area contributed by atoms with Gasteiger partial charge in [0.1, 0.15) is 0 Å². The van der Waals surface area contributed by atoms with Crippen molar-refractivity contribution in [1.82, 2.24) is 29.1 Å². The number of hydrogen-bond donors (Lipinski definition) is 2. The quantitative estimate of drug-likeness (QED) is 0.334. The number of piperidine rings is 1. The number of H-pyrrole nitrogens is 1. The van der Waals surface area contributed by atoms with Gasteiger partial charge in [-0.1, -0.05) is 45.7 Å². The highest BCUT2D eigenvalue weighted by molar-refractivity contribution is 9.10. The standard InChI is InChI=1S/C29H32BrClN6O3/c1-18(38)35-14-11-26-23(17-35)27(19-5-7-20(30)8-6-19)33-36(26)16-22(39)15-34-12-9-21(10-13-34)37-28-24(31)3-2-4-25(28)32-29(37)40/h2-8,21-22,39H,9-17H2,1H3,(H,32,40). The number of rotatable bonds is 6. The van der Waals surface area contributed by atoms with Crippen LogP contribution < -0.4 is 5.69 Å². The monoisotopic (exact) mass is 626 g/mol. The highest BCUT2D eigenvalue weighted by atomic mass is 79.9. The van der Waals surface area contributed by atoms with Crippen LogP contribution in [0.5, 0.6) is 0 Å². The molecule has 2 N–H and O–H groups in total. The van der Waals surface area contributed by atoms with Crippen LogP contribution in [0.15, 0.2) is 51.7 Å². The third-order valence-corrected chi connectivity index (χ3v) is 8.99. The van der Waals surface area contributed by atoms with Crippen LogP contribution in [0.25, 0.3) is 22.3 Å². The maximum Gasteiger partial charge on any atom is 0.326 e. The summed E-state index contributed by atoms with van der Waals surface area (Å²) in [6, 6.07) is 13.6. The van der Waals surface area contributed by atoms with E-state index in [4.69, 9.17) is 16.7 Å². The second-order valence-corrected chi connectivity index (χ2v) is 12.1. The van der Waals surface area contributed by atoms with Gasteiger partial charge in [0.15, 0.2) is 0 Å². The van der Waals surface area contributed by atoms with Crippen molar-refractivity contribution in [2.45, 2.75) is 51.4 Å². The molecule has 210 valence electrons. The zero-order chi connectivity index (χ0) is 28.0. The lowest BCUT2D eigenvalue weighted by Gasteiger charge is -2.33. The first-order chi connectivity index (χ1) is 19.3. The summed E-state index contributed by atoms with van der Waals surface area (Å²) >= 11 is 9.94. The number of likely N-dealkylation sites (tertiary alicyclic amines) is 1. The number of halogens is 2. The van der Waals surface area contributed by atoms with Crippen molar-refractivity contribution in [2.24, 2.45) is 0 Å². The van der Waals surface area contributed by atoms with Crippen LogP contribution in [0.1, 0.15) is 37.1 Å². The number of carbonyl (C=O) groups is 1. The Balaban J connectivity index is 1.15. The van der Waals surface area contributed by atoms with E-state index < -0.39 is 6.10 Å². The first-order valence-corrected chi connectivity index (χ1v) is 14.8.